The quantitative estimate of drug-likeness (QED) is 0.421. The summed E-state index contributed by atoms with van der Waals surface area (Å²) in [6.45, 7) is 0. The zero-order valence-corrected chi connectivity index (χ0v) is 16.4. The minimum Gasteiger partial charge on any atom is -0.493 e. The summed E-state index contributed by atoms with van der Waals surface area (Å²) >= 11 is 0. The number of anilines is 3. The van der Waals surface area contributed by atoms with Crippen molar-refractivity contribution in [2.75, 3.05) is 25.3 Å². The van der Waals surface area contributed by atoms with Crippen molar-refractivity contribution in [2.45, 2.75) is 0 Å². The molecule has 0 spiro atoms. The number of nitrogen functional groups attached to an aromatic ring is 1. The van der Waals surface area contributed by atoms with Gasteiger partial charge in [0.25, 0.3) is 5.91 Å². The molecular formula is C21H20N6O3. The van der Waals surface area contributed by atoms with Gasteiger partial charge < -0.3 is 26.3 Å². The van der Waals surface area contributed by atoms with Crippen molar-refractivity contribution in [1.29, 1.82) is 0 Å². The van der Waals surface area contributed by atoms with Crippen LogP contribution in [-0.2, 0) is 0 Å². The number of carbonyl (C=O) groups is 1. The lowest BCUT2D eigenvalue weighted by Crippen LogP contribution is -2.14. The maximum absolute atomic E-state index is 11.8. The molecule has 5 N–H and O–H groups in total. The van der Waals surface area contributed by atoms with Crippen LogP contribution >= 0.6 is 0 Å². The van der Waals surface area contributed by atoms with Gasteiger partial charge >= 0.3 is 0 Å². The molecule has 0 unspecified atom stereocenters. The molecule has 0 atom stereocenters. The molecule has 0 radical (unpaired) electrons. The van der Waals surface area contributed by atoms with Crippen LogP contribution in [0.2, 0.25) is 0 Å². The summed E-state index contributed by atoms with van der Waals surface area (Å²) in [6, 6.07) is 12.2. The van der Waals surface area contributed by atoms with Gasteiger partial charge in [-0.05, 0) is 36.4 Å². The molecule has 4 rings (SSSR count). The van der Waals surface area contributed by atoms with Gasteiger partial charge in [-0.15, -0.1) is 0 Å². The summed E-state index contributed by atoms with van der Waals surface area (Å²) in [7, 11) is 3.15. The molecule has 9 heteroatoms. The Hall–Kier alpha value is -4.27. The van der Waals surface area contributed by atoms with E-state index < -0.39 is 5.91 Å². The maximum Gasteiger partial charge on any atom is 0.250 e. The standard InChI is InChI=1S/C21H20N6O3/c1-29-17-6-3-12(9-18(17)30-2)15-11-19-24-7-8-27(19)21(25-15)26-16-10-13(22)4-5-14(16)20(23)28/h3-11H,22H2,1-2H3,(H2,23,28)(H,25,26). The molecule has 30 heavy (non-hydrogen) atoms. The number of ether oxygens (including phenoxy) is 2. The Bertz CT molecular complexity index is 1250. The molecule has 2 aromatic heterocycles. The molecule has 0 aliphatic carbocycles. The van der Waals surface area contributed by atoms with Crippen molar-refractivity contribution in [1.82, 2.24) is 14.4 Å². The minimum absolute atomic E-state index is 0.302. The van der Waals surface area contributed by atoms with E-state index in [9.17, 15) is 4.79 Å². The minimum atomic E-state index is -0.574. The van der Waals surface area contributed by atoms with Crippen LogP contribution in [0.1, 0.15) is 10.4 Å². The molecule has 0 fully saturated rings. The lowest BCUT2D eigenvalue weighted by Gasteiger charge is -2.14. The zero-order chi connectivity index (χ0) is 21.3. The summed E-state index contributed by atoms with van der Waals surface area (Å²) in [6.07, 6.45) is 3.42. The number of amides is 1. The van der Waals surface area contributed by atoms with Gasteiger partial charge in [0.2, 0.25) is 5.95 Å². The molecule has 2 aromatic carbocycles. The number of imidazole rings is 1. The molecule has 4 aromatic rings. The van der Waals surface area contributed by atoms with Gasteiger partial charge in [-0.25, -0.2) is 9.97 Å². The Morgan fingerprint density at radius 3 is 2.60 bits per heavy atom. The normalized spacial score (nSPS) is 10.7. The number of methoxy groups -OCH3 is 2. The Morgan fingerprint density at radius 2 is 1.87 bits per heavy atom. The second kappa shape index (κ2) is 7.63. The number of aromatic nitrogens is 3. The van der Waals surface area contributed by atoms with Crippen molar-refractivity contribution in [3.05, 3.63) is 60.4 Å². The van der Waals surface area contributed by atoms with Gasteiger partial charge in [0, 0.05) is 29.7 Å². The average Bonchev–Trinajstić information content (AvgIpc) is 3.22. The van der Waals surface area contributed by atoms with E-state index in [4.69, 9.17) is 25.9 Å². The van der Waals surface area contributed by atoms with E-state index in [0.717, 1.165) is 5.56 Å². The molecule has 152 valence electrons. The lowest BCUT2D eigenvalue weighted by atomic mass is 10.1. The third-order valence-electron chi connectivity index (χ3n) is 4.62. The number of primary amides is 1. The van der Waals surface area contributed by atoms with Crippen LogP contribution in [0.15, 0.2) is 54.9 Å². The van der Waals surface area contributed by atoms with Crippen molar-refractivity contribution in [3.8, 4) is 22.8 Å². The number of nitrogens with two attached hydrogens (primary N) is 2. The SMILES string of the molecule is COc1ccc(-c2cc3nccn3c(Nc3cc(N)ccc3C(N)=O)n2)cc1OC. The first-order valence-corrected chi connectivity index (χ1v) is 9.03. The van der Waals surface area contributed by atoms with Crippen molar-refractivity contribution >= 4 is 28.9 Å². The van der Waals surface area contributed by atoms with Gasteiger partial charge in [-0.2, -0.15) is 0 Å². The predicted molar refractivity (Wildman–Crippen MR) is 114 cm³/mol. The van der Waals surface area contributed by atoms with Gasteiger partial charge in [0.15, 0.2) is 11.5 Å². The Labute approximate surface area is 172 Å². The van der Waals surface area contributed by atoms with Crippen LogP contribution in [-0.4, -0.2) is 34.5 Å². The molecular weight excluding hydrogens is 384 g/mol. The fraction of sp³-hybridized carbons (Fsp3) is 0.0952. The van der Waals surface area contributed by atoms with Crippen LogP contribution in [0.5, 0.6) is 11.5 Å². The molecule has 0 saturated heterocycles. The second-order valence-corrected chi connectivity index (χ2v) is 6.48. The number of benzene rings is 2. The summed E-state index contributed by atoms with van der Waals surface area (Å²) in [5.41, 5.74) is 14.8. The fourth-order valence-electron chi connectivity index (χ4n) is 3.16. The van der Waals surface area contributed by atoms with E-state index in [1.807, 2.05) is 24.3 Å². The molecule has 0 aliphatic heterocycles. The first kappa shape index (κ1) is 19.1. The molecule has 0 saturated carbocycles. The van der Waals surface area contributed by atoms with E-state index in [1.54, 1.807) is 49.2 Å². The Balaban J connectivity index is 1.84. The van der Waals surface area contributed by atoms with E-state index in [2.05, 4.69) is 10.3 Å². The molecule has 9 nitrogen and oxygen atoms in total. The lowest BCUT2D eigenvalue weighted by molar-refractivity contribution is 0.100. The molecule has 1 amide bonds. The number of hydrogen-bond donors (Lipinski definition) is 3. The molecule has 2 heterocycles. The van der Waals surface area contributed by atoms with Crippen LogP contribution in [0.4, 0.5) is 17.3 Å². The summed E-state index contributed by atoms with van der Waals surface area (Å²) in [5.74, 6) is 1.08. The van der Waals surface area contributed by atoms with Gasteiger partial charge in [-0.3, -0.25) is 9.20 Å². The largest absolute Gasteiger partial charge is 0.493 e. The van der Waals surface area contributed by atoms with Gasteiger partial charge in [0.1, 0.15) is 5.65 Å². The fourth-order valence-corrected chi connectivity index (χ4v) is 3.16. The maximum atomic E-state index is 11.8. The highest BCUT2D eigenvalue weighted by atomic mass is 16.5. The van der Waals surface area contributed by atoms with Crippen LogP contribution in [0, 0.1) is 0 Å². The van der Waals surface area contributed by atoms with Crippen LogP contribution in [0.25, 0.3) is 16.9 Å². The first-order valence-electron chi connectivity index (χ1n) is 9.03. The number of nitrogens with one attached hydrogen (secondary N) is 1. The van der Waals surface area contributed by atoms with Crippen LogP contribution < -0.4 is 26.3 Å². The Kier molecular flexibility index (Phi) is 4.85. The third kappa shape index (κ3) is 3.44. The molecule has 0 bridgehead atoms. The number of rotatable bonds is 6. The highest BCUT2D eigenvalue weighted by molar-refractivity contribution is 5.99. The van der Waals surface area contributed by atoms with Crippen LogP contribution in [0.3, 0.4) is 0 Å². The highest BCUT2D eigenvalue weighted by Crippen LogP contribution is 2.33. The van der Waals surface area contributed by atoms with E-state index in [0.29, 0.717) is 45.7 Å². The first-order chi connectivity index (χ1) is 14.5. The van der Waals surface area contributed by atoms with Crippen molar-refractivity contribution in [3.63, 3.8) is 0 Å². The van der Waals surface area contributed by atoms with E-state index in [1.165, 1.54) is 0 Å². The summed E-state index contributed by atoms with van der Waals surface area (Å²) in [5, 5.41) is 3.16. The van der Waals surface area contributed by atoms with Gasteiger partial charge in [0.05, 0.1) is 31.2 Å². The zero-order valence-electron chi connectivity index (χ0n) is 16.4. The smallest absolute Gasteiger partial charge is 0.250 e. The van der Waals surface area contributed by atoms with E-state index in [-0.39, 0.29) is 0 Å². The third-order valence-corrected chi connectivity index (χ3v) is 4.62. The number of hydrogen-bond acceptors (Lipinski definition) is 7. The summed E-state index contributed by atoms with van der Waals surface area (Å²) < 4.78 is 12.5. The number of nitrogens with zero attached hydrogens (tertiary/aromatic N) is 3. The average molecular weight is 404 g/mol. The van der Waals surface area contributed by atoms with Gasteiger partial charge in [-0.1, -0.05) is 0 Å². The Morgan fingerprint density at radius 1 is 1.07 bits per heavy atom. The second-order valence-electron chi connectivity index (χ2n) is 6.48. The van der Waals surface area contributed by atoms with Crippen molar-refractivity contribution < 1.29 is 14.3 Å². The monoisotopic (exact) mass is 404 g/mol. The van der Waals surface area contributed by atoms with Crippen molar-refractivity contribution in [2.24, 2.45) is 5.73 Å². The number of carbonyl (C=O) groups excluding carboxylic acids is 1. The topological polar surface area (TPSA) is 130 Å². The summed E-state index contributed by atoms with van der Waals surface area (Å²) in [4.78, 5) is 20.9. The van der Waals surface area contributed by atoms with E-state index >= 15 is 0 Å². The number of fused-ring (bicyclic) bond motifs is 1. The predicted octanol–water partition coefficient (Wildman–Crippen LogP) is 2.84. The highest BCUT2D eigenvalue weighted by Gasteiger charge is 2.14. The molecule has 0 aliphatic rings.